The maximum Gasteiger partial charge on any atom is 0.286 e. The van der Waals surface area contributed by atoms with Crippen molar-refractivity contribution in [3.05, 3.63) is 59.2 Å². The van der Waals surface area contributed by atoms with Gasteiger partial charge in [0.1, 0.15) is 21.8 Å². The second kappa shape index (κ2) is 9.32. The molecule has 0 fully saturated rings. The summed E-state index contributed by atoms with van der Waals surface area (Å²) < 4.78 is 55.3. The molecule has 0 spiro atoms. The minimum atomic E-state index is -4.37. The van der Waals surface area contributed by atoms with Gasteiger partial charge in [-0.15, -0.1) is 4.40 Å². The monoisotopic (exact) mass is 534 g/mol. The number of benzene rings is 2. The molecule has 1 aliphatic heterocycles. The molecule has 2 aliphatic rings. The average Bonchev–Trinajstić information content (AvgIpc) is 2.80. The maximum atomic E-state index is 14.0. The van der Waals surface area contributed by atoms with Crippen LogP contribution in [0.3, 0.4) is 0 Å². The van der Waals surface area contributed by atoms with E-state index in [-0.39, 0.29) is 27.7 Å². The first-order chi connectivity index (χ1) is 16.9. The van der Waals surface area contributed by atoms with Crippen LogP contribution in [0.4, 0.5) is 11.4 Å². The number of hydroxylamine groups is 1. The lowest BCUT2D eigenvalue weighted by molar-refractivity contribution is -0.129. The smallest absolute Gasteiger partial charge is 0.286 e. The maximum absolute atomic E-state index is 14.0. The minimum Gasteiger partial charge on any atom is -0.506 e. The highest BCUT2D eigenvalue weighted by Crippen LogP contribution is 2.43. The van der Waals surface area contributed by atoms with E-state index < -0.39 is 37.1 Å². The van der Waals surface area contributed by atoms with Crippen molar-refractivity contribution >= 4 is 48.8 Å². The number of ketones is 1. The molecule has 0 amide bonds. The highest BCUT2D eigenvalue weighted by molar-refractivity contribution is 7.92. The van der Waals surface area contributed by atoms with Crippen LogP contribution in [0.25, 0.3) is 5.76 Å². The van der Waals surface area contributed by atoms with Crippen LogP contribution in [0, 0.1) is 0 Å². The van der Waals surface area contributed by atoms with E-state index in [4.69, 9.17) is 4.84 Å². The number of nitrogens with one attached hydrogen (secondary N) is 3. The number of sulfonamides is 2. The summed E-state index contributed by atoms with van der Waals surface area (Å²) >= 11 is 0. The number of nitrogens with zero attached hydrogens (tertiary/aromatic N) is 1. The number of fused-ring (bicyclic) bond motifs is 2. The Labute approximate surface area is 209 Å². The molecule has 2 aromatic carbocycles. The van der Waals surface area contributed by atoms with Crippen molar-refractivity contribution in [3.63, 3.8) is 0 Å². The third-order valence-electron chi connectivity index (χ3n) is 5.94. The summed E-state index contributed by atoms with van der Waals surface area (Å²) in [5.74, 6) is -1.36. The van der Waals surface area contributed by atoms with E-state index >= 15 is 0 Å². The molecule has 4 rings (SSSR count). The highest BCUT2D eigenvalue weighted by atomic mass is 32.2. The lowest BCUT2D eigenvalue weighted by atomic mass is 9.72. The fourth-order valence-corrected chi connectivity index (χ4v) is 6.12. The Hall–Kier alpha value is -3.26. The van der Waals surface area contributed by atoms with Gasteiger partial charge in [0.25, 0.3) is 10.0 Å². The number of unbranched alkanes of at least 4 members (excludes halogenated alkanes) is 1. The summed E-state index contributed by atoms with van der Waals surface area (Å²) in [7, 11) is -6.64. The van der Waals surface area contributed by atoms with Gasteiger partial charge >= 0.3 is 0 Å². The summed E-state index contributed by atoms with van der Waals surface area (Å²) in [5.41, 5.74) is 2.07. The van der Waals surface area contributed by atoms with Gasteiger partial charge in [-0.05, 0) is 30.2 Å². The van der Waals surface area contributed by atoms with E-state index in [0.717, 1.165) is 18.7 Å². The van der Waals surface area contributed by atoms with Gasteiger partial charge in [0.05, 0.1) is 19.1 Å². The molecule has 1 atom stereocenters. The Bertz CT molecular complexity index is 1510. The number of carbonyl (C=O) groups excluding carboxylic acids is 1. The van der Waals surface area contributed by atoms with E-state index in [1.807, 2.05) is 6.92 Å². The normalized spacial score (nSPS) is 20.8. The van der Waals surface area contributed by atoms with Gasteiger partial charge in [0.15, 0.2) is 11.6 Å². The SMILES string of the molecule is CCCCC1(NOC)C(=O)C(C2=NS(=O)(=O)c3cc(NS(C)(=O)=O)ccc3N2)=C(O)c2ccccc21. The fourth-order valence-electron chi connectivity index (χ4n) is 4.42. The molecule has 192 valence electrons. The minimum absolute atomic E-state index is 0.0351. The van der Waals surface area contributed by atoms with E-state index in [9.17, 15) is 26.7 Å². The third-order valence-corrected chi connectivity index (χ3v) is 7.86. The van der Waals surface area contributed by atoms with Crippen LogP contribution < -0.4 is 15.5 Å². The number of hydrogen-bond donors (Lipinski definition) is 4. The lowest BCUT2D eigenvalue weighted by Crippen LogP contribution is -2.53. The molecule has 0 saturated heterocycles. The zero-order valence-electron chi connectivity index (χ0n) is 19.8. The van der Waals surface area contributed by atoms with Gasteiger partial charge in [-0.25, -0.2) is 8.42 Å². The Kier molecular flexibility index (Phi) is 6.68. The quantitative estimate of drug-likeness (QED) is 0.373. The summed E-state index contributed by atoms with van der Waals surface area (Å²) in [4.78, 5) is 18.9. The Morgan fingerprint density at radius 3 is 2.58 bits per heavy atom. The molecule has 1 unspecified atom stereocenters. The molecule has 4 N–H and O–H groups in total. The number of aliphatic hydroxyl groups excluding tert-OH is 1. The molecule has 11 nitrogen and oxygen atoms in total. The number of Topliss-reactive ketones (excluding diaryl/α,β-unsaturated/α-hetero) is 1. The van der Waals surface area contributed by atoms with Crippen LogP contribution in [0.5, 0.6) is 0 Å². The number of rotatable bonds is 8. The molecule has 13 heteroatoms. The largest absolute Gasteiger partial charge is 0.506 e. The number of amidine groups is 1. The molecule has 1 aliphatic carbocycles. The van der Waals surface area contributed by atoms with Crippen LogP contribution in [-0.4, -0.2) is 46.9 Å². The molecule has 0 saturated carbocycles. The molecular weight excluding hydrogens is 508 g/mol. The fraction of sp³-hybridized carbons (Fsp3) is 0.304. The summed E-state index contributed by atoms with van der Waals surface area (Å²) in [6.07, 6.45) is 2.68. The number of carbonyl (C=O) groups is 1. The van der Waals surface area contributed by atoms with Crippen LogP contribution in [0.1, 0.15) is 37.3 Å². The zero-order valence-corrected chi connectivity index (χ0v) is 21.5. The van der Waals surface area contributed by atoms with Crippen molar-refractivity contribution in [2.24, 2.45) is 4.40 Å². The van der Waals surface area contributed by atoms with Crippen molar-refractivity contribution in [2.45, 2.75) is 36.6 Å². The molecule has 0 bridgehead atoms. The van der Waals surface area contributed by atoms with Crippen LogP contribution in [0.2, 0.25) is 0 Å². The van der Waals surface area contributed by atoms with Gasteiger partial charge in [-0.1, -0.05) is 44.0 Å². The Balaban J connectivity index is 1.88. The summed E-state index contributed by atoms with van der Waals surface area (Å²) in [6, 6.07) is 10.6. The van der Waals surface area contributed by atoms with Gasteiger partial charge in [-0.3, -0.25) is 9.52 Å². The number of hydrogen-bond acceptors (Lipinski definition) is 9. The molecule has 1 heterocycles. The van der Waals surface area contributed by atoms with Crippen LogP contribution >= 0.6 is 0 Å². The van der Waals surface area contributed by atoms with Crippen molar-refractivity contribution in [3.8, 4) is 0 Å². The topological polar surface area (TPSA) is 163 Å². The third kappa shape index (κ3) is 4.50. The van der Waals surface area contributed by atoms with Crippen molar-refractivity contribution in [2.75, 3.05) is 23.4 Å². The van der Waals surface area contributed by atoms with Crippen molar-refractivity contribution in [1.82, 2.24) is 5.48 Å². The van der Waals surface area contributed by atoms with Gasteiger partial charge in [0.2, 0.25) is 10.0 Å². The predicted octanol–water partition coefficient (Wildman–Crippen LogP) is 2.66. The zero-order chi connectivity index (χ0) is 26.3. The van der Waals surface area contributed by atoms with Crippen molar-refractivity contribution in [1.29, 1.82) is 0 Å². The summed E-state index contributed by atoms with van der Waals surface area (Å²) in [6.45, 7) is 1.97. The van der Waals surface area contributed by atoms with E-state index in [1.54, 1.807) is 24.3 Å². The van der Waals surface area contributed by atoms with Gasteiger partial charge in [-0.2, -0.15) is 13.9 Å². The van der Waals surface area contributed by atoms with E-state index in [1.165, 1.54) is 19.2 Å². The summed E-state index contributed by atoms with van der Waals surface area (Å²) in [5, 5.41) is 14.0. The molecule has 2 aromatic rings. The number of anilines is 2. The molecular formula is C23H26N4O7S2. The molecule has 0 aromatic heterocycles. The first kappa shape index (κ1) is 25.8. The van der Waals surface area contributed by atoms with E-state index in [0.29, 0.717) is 24.0 Å². The first-order valence-corrected chi connectivity index (χ1v) is 14.4. The standard InChI is InChI=1S/C23H26N4O7S2/c1-4-5-12-23(27-34-2)16-9-7-6-8-15(16)20(28)19(21(23)29)22-24-17-11-10-14(25-35(3,30)31)13-18(17)36(32,33)26-22/h6-11,13,25,27-28H,4-5,12H2,1-3H3,(H,24,26). The Morgan fingerprint density at radius 2 is 1.92 bits per heavy atom. The second-order valence-electron chi connectivity index (χ2n) is 8.54. The number of aliphatic hydroxyl groups is 1. The molecule has 0 radical (unpaired) electrons. The van der Waals surface area contributed by atoms with Gasteiger partial charge < -0.3 is 15.3 Å². The van der Waals surface area contributed by atoms with Gasteiger partial charge in [0, 0.05) is 11.3 Å². The van der Waals surface area contributed by atoms with Crippen LogP contribution in [-0.2, 0) is 35.2 Å². The first-order valence-electron chi connectivity index (χ1n) is 11.1. The molecule has 36 heavy (non-hydrogen) atoms. The average molecular weight is 535 g/mol. The lowest BCUT2D eigenvalue weighted by Gasteiger charge is -2.38. The Morgan fingerprint density at radius 1 is 1.19 bits per heavy atom. The second-order valence-corrected chi connectivity index (χ2v) is 11.9. The predicted molar refractivity (Wildman–Crippen MR) is 135 cm³/mol. The van der Waals surface area contributed by atoms with Crippen LogP contribution in [0.15, 0.2) is 57.3 Å². The van der Waals surface area contributed by atoms with Crippen molar-refractivity contribution < 1.29 is 31.6 Å². The highest BCUT2D eigenvalue weighted by Gasteiger charge is 2.49. The van der Waals surface area contributed by atoms with E-state index in [2.05, 4.69) is 19.9 Å².